The number of hydrogen-bond donors (Lipinski definition) is 2. The van der Waals surface area contributed by atoms with E-state index in [2.05, 4.69) is 41.3 Å². The van der Waals surface area contributed by atoms with Crippen LogP contribution in [0.5, 0.6) is 5.75 Å². The molecule has 29 heavy (non-hydrogen) atoms. The molecule has 0 saturated heterocycles. The van der Waals surface area contributed by atoms with Gasteiger partial charge in [0.25, 0.3) is 0 Å². The van der Waals surface area contributed by atoms with Crippen LogP contribution in [0.15, 0.2) is 59.1 Å². The van der Waals surface area contributed by atoms with Gasteiger partial charge in [-0.25, -0.2) is 4.98 Å². The second kappa shape index (κ2) is 9.13. The second-order valence-electron chi connectivity index (χ2n) is 6.05. The molecule has 0 unspecified atom stereocenters. The fourth-order valence-corrected chi connectivity index (χ4v) is 3.06. The van der Waals surface area contributed by atoms with E-state index in [0.717, 1.165) is 10.0 Å². The number of aromatic nitrogens is 2. The molecule has 0 amide bonds. The lowest BCUT2D eigenvalue weighted by Gasteiger charge is -2.12. The van der Waals surface area contributed by atoms with Gasteiger partial charge in [0, 0.05) is 29.2 Å². The summed E-state index contributed by atoms with van der Waals surface area (Å²) in [6.45, 7) is 3.03. The molecule has 0 spiro atoms. The molecule has 1 aromatic heterocycles. The molecule has 152 valence electrons. The molecule has 0 bridgehead atoms. The highest BCUT2D eigenvalue weighted by Crippen LogP contribution is 2.28. The minimum Gasteiger partial charge on any atom is -0.406 e. The van der Waals surface area contributed by atoms with E-state index in [1.165, 1.54) is 18.2 Å². The lowest BCUT2D eigenvalue weighted by atomic mass is 10.1. The molecular weight excluding hydrogens is 449 g/mol. The van der Waals surface area contributed by atoms with Gasteiger partial charge in [0.1, 0.15) is 11.6 Å². The van der Waals surface area contributed by atoms with Gasteiger partial charge in [0.05, 0.1) is 5.69 Å². The Hall–Kier alpha value is -2.81. The predicted octanol–water partition coefficient (Wildman–Crippen LogP) is 5.85. The van der Waals surface area contributed by atoms with E-state index in [9.17, 15) is 13.2 Å². The summed E-state index contributed by atoms with van der Waals surface area (Å²) in [4.78, 5) is 8.81. The van der Waals surface area contributed by atoms with Crippen molar-refractivity contribution in [2.75, 3.05) is 17.2 Å². The maximum Gasteiger partial charge on any atom is 0.573 e. The molecule has 0 saturated carbocycles. The van der Waals surface area contributed by atoms with Crippen LogP contribution in [0.2, 0.25) is 0 Å². The molecule has 9 heteroatoms. The van der Waals surface area contributed by atoms with Crippen LogP contribution in [0.25, 0.3) is 11.3 Å². The highest BCUT2D eigenvalue weighted by molar-refractivity contribution is 9.10. The molecule has 0 radical (unpaired) electrons. The minimum absolute atomic E-state index is 0.303. The molecule has 0 aliphatic rings. The minimum atomic E-state index is -4.75. The molecule has 2 aromatic carbocycles. The maximum atomic E-state index is 12.5. The van der Waals surface area contributed by atoms with E-state index in [0.29, 0.717) is 36.1 Å². The van der Waals surface area contributed by atoms with Crippen LogP contribution in [-0.2, 0) is 6.54 Å². The normalized spacial score (nSPS) is 11.2. The quantitative estimate of drug-likeness (QED) is 0.457. The summed E-state index contributed by atoms with van der Waals surface area (Å²) in [7, 11) is 0. The van der Waals surface area contributed by atoms with E-state index in [1.807, 2.05) is 31.2 Å². The highest BCUT2D eigenvalue weighted by Gasteiger charge is 2.31. The van der Waals surface area contributed by atoms with Crippen molar-refractivity contribution in [2.45, 2.75) is 19.8 Å². The topological polar surface area (TPSA) is 59.1 Å². The molecule has 0 atom stereocenters. The third-order valence-corrected chi connectivity index (χ3v) is 4.28. The zero-order valence-electron chi connectivity index (χ0n) is 15.4. The van der Waals surface area contributed by atoms with Gasteiger partial charge >= 0.3 is 6.36 Å². The number of halogens is 4. The second-order valence-corrected chi connectivity index (χ2v) is 6.97. The SMILES string of the molecule is CCNc1nc(NCc2cccc(Br)c2)cc(-c2cccc(OC(F)(F)F)c2)n1. The van der Waals surface area contributed by atoms with Gasteiger partial charge in [0.15, 0.2) is 0 Å². The Bertz CT molecular complexity index is 982. The van der Waals surface area contributed by atoms with Gasteiger partial charge in [0.2, 0.25) is 5.95 Å². The monoisotopic (exact) mass is 466 g/mol. The van der Waals surface area contributed by atoms with Crippen LogP contribution in [0.3, 0.4) is 0 Å². The van der Waals surface area contributed by atoms with Crippen LogP contribution in [0.1, 0.15) is 12.5 Å². The van der Waals surface area contributed by atoms with Crippen molar-refractivity contribution in [3.8, 4) is 17.0 Å². The first-order valence-corrected chi connectivity index (χ1v) is 9.59. The smallest absolute Gasteiger partial charge is 0.406 e. The number of anilines is 2. The predicted molar refractivity (Wildman–Crippen MR) is 110 cm³/mol. The summed E-state index contributed by atoms with van der Waals surface area (Å²) in [5, 5.41) is 6.26. The molecule has 0 aliphatic carbocycles. The van der Waals surface area contributed by atoms with Gasteiger partial charge in [-0.3, -0.25) is 0 Å². The number of nitrogens with zero attached hydrogens (tertiary/aromatic N) is 2. The van der Waals surface area contributed by atoms with Crippen molar-refractivity contribution < 1.29 is 17.9 Å². The van der Waals surface area contributed by atoms with Crippen LogP contribution >= 0.6 is 15.9 Å². The zero-order valence-corrected chi connectivity index (χ0v) is 17.0. The standard InChI is InChI=1S/C20H18BrF3N4O/c1-2-25-19-27-17(14-6-4-8-16(10-14)29-20(22,23)24)11-18(28-19)26-12-13-5-3-7-15(21)9-13/h3-11H,2,12H2,1H3,(H2,25,26,27,28). The van der Waals surface area contributed by atoms with Crippen molar-refractivity contribution >= 4 is 27.7 Å². The van der Waals surface area contributed by atoms with E-state index >= 15 is 0 Å². The van der Waals surface area contributed by atoms with E-state index < -0.39 is 6.36 Å². The number of nitrogens with one attached hydrogen (secondary N) is 2. The summed E-state index contributed by atoms with van der Waals surface area (Å²) in [6.07, 6.45) is -4.75. The van der Waals surface area contributed by atoms with E-state index in [4.69, 9.17) is 0 Å². The molecular formula is C20H18BrF3N4O. The fraction of sp³-hybridized carbons (Fsp3) is 0.200. The Balaban J connectivity index is 1.87. The number of hydrogen-bond acceptors (Lipinski definition) is 5. The molecule has 3 rings (SSSR count). The average Bonchev–Trinajstić information content (AvgIpc) is 2.65. The molecule has 0 fully saturated rings. The van der Waals surface area contributed by atoms with Gasteiger partial charge in [-0.15, -0.1) is 13.2 Å². The first-order valence-electron chi connectivity index (χ1n) is 8.80. The summed E-state index contributed by atoms with van der Waals surface area (Å²) >= 11 is 3.43. The molecule has 2 N–H and O–H groups in total. The Labute approximate surface area is 174 Å². The summed E-state index contributed by atoms with van der Waals surface area (Å²) in [5.41, 5.74) is 2.00. The Morgan fingerprint density at radius 3 is 2.52 bits per heavy atom. The molecule has 3 aromatic rings. The zero-order chi connectivity index (χ0) is 20.9. The fourth-order valence-electron chi connectivity index (χ4n) is 2.61. The van der Waals surface area contributed by atoms with Crippen LogP contribution in [0.4, 0.5) is 24.9 Å². The van der Waals surface area contributed by atoms with Gasteiger partial charge in [-0.05, 0) is 36.8 Å². The van der Waals surface area contributed by atoms with Crippen molar-refractivity contribution in [2.24, 2.45) is 0 Å². The van der Waals surface area contributed by atoms with Crippen LogP contribution < -0.4 is 15.4 Å². The van der Waals surface area contributed by atoms with Gasteiger partial charge < -0.3 is 15.4 Å². The van der Waals surface area contributed by atoms with Gasteiger partial charge in [-0.1, -0.05) is 40.2 Å². The summed E-state index contributed by atoms with van der Waals surface area (Å²) in [5.74, 6) is 0.624. The maximum absolute atomic E-state index is 12.5. The van der Waals surface area contributed by atoms with Crippen molar-refractivity contribution in [1.82, 2.24) is 9.97 Å². The third-order valence-electron chi connectivity index (χ3n) is 3.79. The number of rotatable bonds is 7. The Morgan fingerprint density at radius 2 is 1.79 bits per heavy atom. The van der Waals surface area contributed by atoms with E-state index in [-0.39, 0.29) is 5.75 Å². The average molecular weight is 467 g/mol. The van der Waals surface area contributed by atoms with Crippen molar-refractivity contribution in [1.29, 1.82) is 0 Å². The van der Waals surface area contributed by atoms with Gasteiger partial charge in [-0.2, -0.15) is 4.98 Å². The number of alkyl halides is 3. The number of benzene rings is 2. The first-order chi connectivity index (χ1) is 13.8. The molecule has 1 heterocycles. The Morgan fingerprint density at radius 1 is 1.00 bits per heavy atom. The lowest BCUT2D eigenvalue weighted by molar-refractivity contribution is -0.274. The van der Waals surface area contributed by atoms with Crippen molar-refractivity contribution in [3.05, 3.63) is 64.6 Å². The highest BCUT2D eigenvalue weighted by atomic mass is 79.9. The first kappa shape index (κ1) is 20.9. The molecule has 0 aliphatic heterocycles. The summed E-state index contributed by atoms with van der Waals surface area (Å²) in [6, 6.07) is 15.2. The lowest BCUT2D eigenvalue weighted by Crippen LogP contribution is -2.17. The number of ether oxygens (including phenoxy) is 1. The third kappa shape index (κ3) is 6.35. The summed E-state index contributed by atoms with van der Waals surface area (Å²) < 4.78 is 42.5. The molecule has 5 nitrogen and oxygen atoms in total. The largest absolute Gasteiger partial charge is 0.573 e. The van der Waals surface area contributed by atoms with Crippen molar-refractivity contribution in [3.63, 3.8) is 0 Å². The van der Waals surface area contributed by atoms with E-state index in [1.54, 1.807) is 12.1 Å². The Kier molecular flexibility index (Phi) is 6.58. The van der Waals surface area contributed by atoms with Crippen LogP contribution in [-0.4, -0.2) is 22.9 Å². The van der Waals surface area contributed by atoms with Crippen LogP contribution in [0, 0.1) is 0 Å².